The van der Waals surface area contributed by atoms with Gasteiger partial charge in [0.25, 0.3) is 0 Å². The van der Waals surface area contributed by atoms with E-state index in [0.29, 0.717) is 24.6 Å². The van der Waals surface area contributed by atoms with Gasteiger partial charge in [-0.05, 0) is 43.9 Å². The van der Waals surface area contributed by atoms with Crippen molar-refractivity contribution in [1.82, 2.24) is 10.6 Å². The first kappa shape index (κ1) is 20.8. The number of fused-ring (bicyclic) bond motifs is 1. The van der Waals surface area contributed by atoms with Crippen LogP contribution in [0.5, 0.6) is 0 Å². The largest absolute Gasteiger partial charge is 0.377 e. The van der Waals surface area contributed by atoms with Gasteiger partial charge in [0.15, 0.2) is 5.96 Å². The molecule has 4 nitrogen and oxygen atoms in total. The molecule has 3 unspecified atom stereocenters. The Kier molecular flexibility index (Phi) is 6.06. The molecular formula is C21H31FIN3O. The fourth-order valence-corrected chi connectivity index (χ4v) is 4.82. The predicted molar refractivity (Wildman–Crippen MR) is 117 cm³/mol. The summed E-state index contributed by atoms with van der Waals surface area (Å²) in [4.78, 5) is 4.89. The lowest BCUT2D eigenvalue weighted by molar-refractivity contribution is -0.106. The van der Waals surface area contributed by atoms with E-state index in [0.717, 1.165) is 43.9 Å². The van der Waals surface area contributed by atoms with Gasteiger partial charge in [-0.15, -0.1) is 24.0 Å². The molecule has 4 rings (SSSR count). The van der Waals surface area contributed by atoms with E-state index < -0.39 is 0 Å². The summed E-state index contributed by atoms with van der Waals surface area (Å²) < 4.78 is 19.5. The van der Waals surface area contributed by atoms with E-state index in [9.17, 15) is 4.39 Å². The van der Waals surface area contributed by atoms with Crippen molar-refractivity contribution >= 4 is 29.9 Å². The lowest BCUT2D eigenvalue weighted by atomic mass is 9.57. The molecule has 1 saturated heterocycles. The van der Waals surface area contributed by atoms with Gasteiger partial charge in [0.05, 0.1) is 12.6 Å². The van der Waals surface area contributed by atoms with Gasteiger partial charge >= 0.3 is 0 Å². The van der Waals surface area contributed by atoms with Gasteiger partial charge in [0, 0.05) is 35.9 Å². The van der Waals surface area contributed by atoms with Crippen molar-refractivity contribution in [3.05, 3.63) is 35.6 Å². The highest BCUT2D eigenvalue weighted by Crippen LogP contribution is 2.52. The number of benzene rings is 1. The second-order valence-electron chi connectivity index (χ2n) is 8.67. The molecule has 0 radical (unpaired) electrons. The maximum absolute atomic E-state index is 13.6. The van der Waals surface area contributed by atoms with Crippen LogP contribution in [0, 0.1) is 17.2 Å². The van der Waals surface area contributed by atoms with Crippen LogP contribution in [0.2, 0.25) is 0 Å². The summed E-state index contributed by atoms with van der Waals surface area (Å²) in [5.41, 5.74) is 1.21. The smallest absolute Gasteiger partial charge is 0.191 e. The molecule has 3 aliphatic rings. The molecule has 6 heteroatoms. The lowest BCUT2D eigenvalue weighted by Crippen LogP contribution is -2.68. The minimum Gasteiger partial charge on any atom is -0.377 e. The normalized spacial score (nSPS) is 29.9. The summed E-state index contributed by atoms with van der Waals surface area (Å²) >= 11 is 0. The van der Waals surface area contributed by atoms with Crippen LogP contribution in [0.4, 0.5) is 4.39 Å². The molecule has 1 aromatic carbocycles. The van der Waals surface area contributed by atoms with Gasteiger partial charge in [0.2, 0.25) is 0 Å². The highest BCUT2D eigenvalue weighted by molar-refractivity contribution is 14.0. The highest BCUT2D eigenvalue weighted by Gasteiger charge is 2.59. The third-order valence-electron chi connectivity index (χ3n) is 6.57. The number of ether oxygens (including phenoxy) is 1. The Balaban J connectivity index is 0.00000210. The van der Waals surface area contributed by atoms with E-state index in [2.05, 4.69) is 31.4 Å². The fourth-order valence-electron chi connectivity index (χ4n) is 4.82. The number of guanidine groups is 1. The van der Waals surface area contributed by atoms with Crippen LogP contribution in [-0.2, 0) is 10.2 Å². The summed E-state index contributed by atoms with van der Waals surface area (Å²) in [6.45, 7) is 9.03. The third-order valence-corrected chi connectivity index (χ3v) is 6.57. The number of aliphatic imine (C=N–C) groups is 1. The van der Waals surface area contributed by atoms with E-state index in [-0.39, 0.29) is 40.6 Å². The Morgan fingerprint density at radius 1 is 1.33 bits per heavy atom. The van der Waals surface area contributed by atoms with E-state index in [1.165, 1.54) is 6.07 Å². The molecule has 2 N–H and O–H groups in total. The molecule has 0 spiro atoms. The maximum Gasteiger partial charge on any atom is 0.191 e. The fraction of sp³-hybridized carbons (Fsp3) is 0.667. The first-order valence-corrected chi connectivity index (χ1v) is 9.89. The van der Waals surface area contributed by atoms with Crippen LogP contribution in [0.25, 0.3) is 0 Å². The monoisotopic (exact) mass is 487 g/mol. The molecular weight excluding hydrogens is 456 g/mol. The van der Waals surface area contributed by atoms with E-state index >= 15 is 0 Å². The Morgan fingerprint density at radius 3 is 2.78 bits per heavy atom. The summed E-state index contributed by atoms with van der Waals surface area (Å²) in [6, 6.07) is 7.39. The molecule has 0 bridgehead atoms. The topological polar surface area (TPSA) is 45.7 Å². The minimum absolute atomic E-state index is 0. The second-order valence-corrected chi connectivity index (χ2v) is 8.67. The lowest BCUT2D eigenvalue weighted by Gasteiger charge is -2.55. The maximum atomic E-state index is 13.6. The van der Waals surface area contributed by atoms with Crippen molar-refractivity contribution in [2.45, 2.75) is 57.6 Å². The Hall–Kier alpha value is -0.890. The zero-order valence-corrected chi connectivity index (χ0v) is 18.8. The van der Waals surface area contributed by atoms with Crippen molar-refractivity contribution in [2.24, 2.45) is 16.3 Å². The molecule has 2 saturated carbocycles. The van der Waals surface area contributed by atoms with Crippen LogP contribution >= 0.6 is 24.0 Å². The van der Waals surface area contributed by atoms with Gasteiger partial charge in [-0.1, -0.05) is 26.0 Å². The molecule has 2 aliphatic carbocycles. The third kappa shape index (κ3) is 3.84. The standard InChI is InChI=1S/C21H30FN3O.HI/c1-4-23-19(25-17-16-8-11-26-18(16)20(17,2)3)24-13-21(9-10-21)14-6-5-7-15(22)12-14;/h5-7,12,16-18H,4,8-11,13H2,1-3H3,(H2,23,24,25);1H. The number of nitrogens with one attached hydrogen (secondary N) is 2. The van der Waals surface area contributed by atoms with Gasteiger partial charge < -0.3 is 15.4 Å². The number of rotatable bonds is 5. The number of nitrogens with zero attached hydrogens (tertiary/aromatic N) is 1. The summed E-state index contributed by atoms with van der Waals surface area (Å²) in [7, 11) is 0. The Bertz CT molecular complexity index is 704. The molecule has 3 fully saturated rings. The highest BCUT2D eigenvalue weighted by atomic mass is 127. The van der Waals surface area contributed by atoms with E-state index in [4.69, 9.17) is 9.73 Å². The van der Waals surface area contributed by atoms with Crippen molar-refractivity contribution in [1.29, 1.82) is 0 Å². The molecule has 0 amide bonds. The first-order chi connectivity index (χ1) is 12.5. The molecule has 0 aromatic heterocycles. The average Bonchev–Trinajstić information content (AvgIpc) is 3.27. The number of hydrogen-bond donors (Lipinski definition) is 2. The van der Waals surface area contributed by atoms with Crippen molar-refractivity contribution < 1.29 is 9.13 Å². The zero-order valence-electron chi connectivity index (χ0n) is 16.4. The van der Waals surface area contributed by atoms with Crippen molar-refractivity contribution in [3.8, 4) is 0 Å². The van der Waals surface area contributed by atoms with Gasteiger partial charge in [-0.25, -0.2) is 4.39 Å². The zero-order chi connectivity index (χ0) is 18.4. The van der Waals surface area contributed by atoms with Crippen LogP contribution in [0.1, 0.15) is 45.6 Å². The van der Waals surface area contributed by atoms with Crippen LogP contribution in [0.15, 0.2) is 29.3 Å². The second kappa shape index (κ2) is 7.85. The molecule has 1 heterocycles. The summed E-state index contributed by atoms with van der Waals surface area (Å²) in [5, 5.41) is 7.05. The van der Waals surface area contributed by atoms with Crippen LogP contribution < -0.4 is 10.6 Å². The van der Waals surface area contributed by atoms with E-state index in [1.807, 2.05) is 6.07 Å². The molecule has 150 valence electrons. The van der Waals surface area contributed by atoms with Gasteiger partial charge in [-0.3, -0.25) is 4.99 Å². The quantitative estimate of drug-likeness (QED) is 0.377. The molecule has 1 aromatic rings. The molecule has 3 atom stereocenters. The van der Waals surface area contributed by atoms with E-state index in [1.54, 1.807) is 12.1 Å². The minimum atomic E-state index is -0.161. The Labute approximate surface area is 178 Å². The SMILES string of the molecule is CCNC(=NCC1(c2cccc(F)c2)CC1)NC1C2CCOC2C1(C)C.I. The number of hydrogen-bond acceptors (Lipinski definition) is 2. The van der Waals surface area contributed by atoms with Crippen molar-refractivity contribution in [2.75, 3.05) is 19.7 Å². The average molecular weight is 487 g/mol. The van der Waals surface area contributed by atoms with Gasteiger partial charge in [-0.2, -0.15) is 0 Å². The van der Waals surface area contributed by atoms with Gasteiger partial charge in [0.1, 0.15) is 5.82 Å². The first-order valence-electron chi connectivity index (χ1n) is 9.89. The molecule has 27 heavy (non-hydrogen) atoms. The van der Waals surface area contributed by atoms with Crippen LogP contribution in [-0.4, -0.2) is 37.8 Å². The van der Waals surface area contributed by atoms with Crippen molar-refractivity contribution in [3.63, 3.8) is 0 Å². The summed E-state index contributed by atoms with van der Waals surface area (Å²) in [5.74, 6) is 1.29. The van der Waals surface area contributed by atoms with Crippen LogP contribution in [0.3, 0.4) is 0 Å². The number of halogens is 2. The Morgan fingerprint density at radius 2 is 2.11 bits per heavy atom. The summed E-state index contributed by atoms with van der Waals surface area (Å²) in [6.07, 6.45) is 3.64. The predicted octanol–water partition coefficient (Wildman–Crippen LogP) is 3.84. The molecule has 1 aliphatic heterocycles.